The summed E-state index contributed by atoms with van der Waals surface area (Å²) in [6.45, 7) is 2.26. The van der Waals surface area contributed by atoms with E-state index in [1.165, 1.54) is 24.0 Å². The van der Waals surface area contributed by atoms with E-state index in [1.807, 2.05) is 0 Å². The number of benzene rings is 1. The molecule has 5 nitrogen and oxygen atoms in total. The lowest BCUT2D eigenvalue weighted by atomic mass is 10.1. The van der Waals surface area contributed by atoms with Crippen LogP contribution in [0.15, 0.2) is 29.2 Å². The van der Waals surface area contributed by atoms with Gasteiger partial charge >= 0.3 is 0 Å². The van der Waals surface area contributed by atoms with Crippen LogP contribution in [0.5, 0.6) is 0 Å². The van der Waals surface area contributed by atoms with Gasteiger partial charge in [-0.05, 0) is 44.0 Å². The van der Waals surface area contributed by atoms with Crippen LogP contribution >= 0.6 is 0 Å². The lowest BCUT2D eigenvalue weighted by molar-refractivity contribution is -0.131. The summed E-state index contributed by atoms with van der Waals surface area (Å²) in [5.74, 6) is -0.968. The monoisotopic (exact) mass is 314 g/mol. The maximum atomic E-state index is 12.9. The van der Waals surface area contributed by atoms with Gasteiger partial charge in [0.05, 0.1) is 4.90 Å². The molecule has 1 saturated heterocycles. The number of amides is 1. The summed E-state index contributed by atoms with van der Waals surface area (Å²) >= 11 is 0. The molecule has 0 bridgehead atoms. The fourth-order valence-corrected chi connectivity index (χ4v) is 3.77. The number of nitrogens with two attached hydrogens (primary N) is 1. The zero-order valence-corrected chi connectivity index (χ0v) is 12.6. The van der Waals surface area contributed by atoms with Gasteiger partial charge in [-0.15, -0.1) is 0 Å². The number of carbonyl (C=O) groups excluding carboxylic acids is 1. The number of halogens is 1. The molecule has 21 heavy (non-hydrogen) atoms. The number of hydrogen-bond acceptors (Lipinski definition) is 4. The fraction of sp³-hybridized carbons (Fsp3) is 0.500. The Hall–Kier alpha value is -1.47. The Morgan fingerprint density at radius 3 is 2.57 bits per heavy atom. The predicted octanol–water partition coefficient (Wildman–Crippen LogP) is 0.938. The molecule has 1 heterocycles. The lowest BCUT2D eigenvalue weighted by Crippen LogP contribution is -2.50. The van der Waals surface area contributed by atoms with Crippen LogP contribution in [-0.2, 0) is 14.6 Å². The van der Waals surface area contributed by atoms with Crippen LogP contribution in [0.1, 0.15) is 19.8 Å². The normalized spacial score (nSPS) is 21.1. The van der Waals surface area contributed by atoms with Crippen molar-refractivity contribution < 1.29 is 17.6 Å². The summed E-state index contributed by atoms with van der Waals surface area (Å²) in [7, 11) is -3.82. The second-order valence-electron chi connectivity index (χ2n) is 5.33. The molecule has 0 unspecified atom stereocenters. The molecule has 1 aliphatic rings. The molecule has 2 atom stereocenters. The average molecular weight is 314 g/mol. The molecular formula is C14H19FN2O3S. The van der Waals surface area contributed by atoms with Crippen LogP contribution in [0.3, 0.4) is 0 Å². The third-order valence-corrected chi connectivity index (χ3v) is 5.79. The number of sulfone groups is 1. The molecule has 1 fully saturated rings. The van der Waals surface area contributed by atoms with Crippen LogP contribution < -0.4 is 5.73 Å². The SMILES string of the molecule is C[C@H](C(=O)N1CCC[C@H](N)C1)S(=O)(=O)c1ccc(F)cc1. The van der Waals surface area contributed by atoms with E-state index in [0.717, 1.165) is 25.0 Å². The van der Waals surface area contributed by atoms with Gasteiger partial charge in [0.25, 0.3) is 0 Å². The number of piperidine rings is 1. The van der Waals surface area contributed by atoms with Crippen molar-refractivity contribution in [2.75, 3.05) is 13.1 Å². The van der Waals surface area contributed by atoms with Gasteiger partial charge in [0, 0.05) is 19.1 Å². The van der Waals surface area contributed by atoms with Crippen molar-refractivity contribution in [1.82, 2.24) is 4.90 Å². The van der Waals surface area contributed by atoms with Crippen molar-refractivity contribution in [1.29, 1.82) is 0 Å². The molecule has 1 amide bonds. The Labute approximate surface area is 123 Å². The van der Waals surface area contributed by atoms with E-state index >= 15 is 0 Å². The first-order chi connectivity index (χ1) is 9.82. The van der Waals surface area contributed by atoms with E-state index in [4.69, 9.17) is 5.73 Å². The molecule has 2 N–H and O–H groups in total. The third kappa shape index (κ3) is 3.41. The fourth-order valence-electron chi connectivity index (χ4n) is 2.43. The van der Waals surface area contributed by atoms with Crippen LogP contribution in [0, 0.1) is 5.82 Å². The van der Waals surface area contributed by atoms with Crippen molar-refractivity contribution in [3.63, 3.8) is 0 Å². The van der Waals surface area contributed by atoms with E-state index in [-0.39, 0.29) is 10.9 Å². The molecular weight excluding hydrogens is 295 g/mol. The van der Waals surface area contributed by atoms with Gasteiger partial charge < -0.3 is 10.6 Å². The second kappa shape index (κ2) is 6.11. The van der Waals surface area contributed by atoms with E-state index in [9.17, 15) is 17.6 Å². The number of nitrogens with zero attached hydrogens (tertiary/aromatic N) is 1. The number of hydrogen-bond donors (Lipinski definition) is 1. The maximum absolute atomic E-state index is 12.9. The Kier molecular flexibility index (Phi) is 4.63. The van der Waals surface area contributed by atoms with Gasteiger partial charge in [0.2, 0.25) is 5.91 Å². The molecule has 0 radical (unpaired) electrons. The summed E-state index contributed by atoms with van der Waals surface area (Å²) < 4.78 is 37.7. The molecule has 116 valence electrons. The number of likely N-dealkylation sites (tertiary alicyclic amines) is 1. The predicted molar refractivity (Wildman–Crippen MR) is 76.8 cm³/mol. The largest absolute Gasteiger partial charge is 0.340 e. The first-order valence-corrected chi connectivity index (χ1v) is 8.41. The van der Waals surface area contributed by atoms with Gasteiger partial charge in [0.1, 0.15) is 11.1 Å². The number of rotatable bonds is 3. The standard InChI is InChI=1S/C14H19FN2O3S/c1-10(14(18)17-8-2-3-12(16)9-17)21(19,20)13-6-4-11(15)5-7-13/h4-7,10,12H,2-3,8-9,16H2,1H3/t10-,12+/m1/s1. The van der Waals surface area contributed by atoms with Gasteiger partial charge in [-0.2, -0.15) is 0 Å². The Bertz CT molecular complexity index is 616. The van der Waals surface area contributed by atoms with Crippen LogP contribution in [0.4, 0.5) is 4.39 Å². The van der Waals surface area contributed by atoms with Crippen LogP contribution in [0.25, 0.3) is 0 Å². The van der Waals surface area contributed by atoms with Gasteiger partial charge in [0.15, 0.2) is 9.84 Å². The number of carbonyl (C=O) groups is 1. The summed E-state index contributed by atoms with van der Waals surface area (Å²) in [4.78, 5) is 13.8. The summed E-state index contributed by atoms with van der Waals surface area (Å²) in [5.41, 5.74) is 5.81. The first-order valence-electron chi connectivity index (χ1n) is 6.86. The third-order valence-electron chi connectivity index (χ3n) is 3.72. The highest BCUT2D eigenvalue weighted by atomic mass is 32.2. The first kappa shape index (κ1) is 15.9. The zero-order chi connectivity index (χ0) is 15.6. The molecule has 1 aromatic rings. The van der Waals surface area contributed by atoms with Crippen LogP contribution in [-0.4, -0.2) is 43.6 Å². The highest BCUT2D eigenvalue weighted by molar-refractivity contribution is 7.92. The minimum absolute atomic E-state index is 0.0499. The zero-order valence-electron chi connectivity index (χ0n) is 11.8. The quantitative estimate of drug-likeness (QED) is 0.842. The van der Waals surface area contributed by atoms with Crippen molar-refractivity contribution in [2.24, 2.45) is 5.73 Å². The highest BCUT2D eigenvalue weighted by Gasteiger charge is 2.34. The Balaban J connectivity index is 2.19. The molecule has 1 aliphatic heterocycles. The van der Waals surface area contributed by atoms with Gasteiger partial charge in [-0.1, -0.05) is 0 Å². The van der Waals surface area contributed by atoms with E-state index < -0.39 is 26.8 Å². The topological polar surface area (TPSA) is 80.5 Å². The van der Waals surface area contributed by atoms with Crippen LogP contribution in [0.2, 0.25) is 0 Å². The second-order valence-corrected chi connectivity index (χ2v) is 7.60. The van der Waals surface area contributed by atoms with Crippen molar-refractivity contribution >= 4 is 15.7 Å². The smallest absolute Gasteiger partial charge is 0.241 e. The van der Waals surface area contributed by atoms with E-state index in [2.05, 4.69) is 0 Å². The Morgan fingerprint density at radius 2 is 2.00 bits per heavy atom. The Morgan fingerprint density at radius 1 is 1.38 bits per heavy atom. The van der Waals surface area contributed by atoms with Crippen molar-refractivity contribution in [3.8, 4) is 0 Å². The van der Waals surface area contributed by atoms with E-state index in [0.29, 0.717) is 13.1 Å². The summed E-state index contributed by atoms with van der Waals surface area (Å²) in [5, 5.41) is -1.20. The summed E-state index contributed by atoms with van der Waals surface area (Å²) in [6.07, 6.45) is 1.61. The lowest BCUT2D eigenvalue weighted by Gasteiger charge is -2.32. The minimum Gasteiger partial charge on any atom is -0.340 e. The molecule has 7 heteroatoms. The van der Waals surface area contributed by atoms with Gasteiger partial charge in [-0.25, -0.2) is 12.8 Å². The van der Waals surface area contributed by atoms with E-state index in [1.54, 1.807) is 0 Å². The average Bonchev–Trinajstić information content (AvgIpc) is 2.46. The molecule has 0 aromatic heterocycles. The molecule has 0 spiro atoms. The minimum atomic E-state index is -3.82. The van der Waals surface area contributed by atoms with Gasteiger partial charge in [-0.3, -0.25) is 4.79 Å². The molecule has 0 saturated carbocycles. The maximum Gasteiger partial charge on any atom is 0.241 e. The summed E-state index contributed by atoms with van der Waals surface area (Å²) in [6, 6.07) is 4.39. The van der Waals surface area contributed by atoms with Crippen molar-refractivity contribution in [2.45, 2.75) is 36.0 Å². The van der Waals surface area contributed by atoms with Crippen molar-refractivity contribution in [3.05, 3.63) is 30.1 Å². The molecule has 2 rings (SSSR count). The highest BCUT2D eigenvalue weighted by Crippen LogP contribution is 2.19. The molecule has 0 aliphatic carbocycles. The molecule has 1 aromatic carbocycles.